The molecule has 0 heterocycles. The molecule has 28 heavy (non-hydrogen) atoms. The van der Waals surface area contributed by atoms with Crippen molar-refractivity contribution in [3.05, 3.63) is 60.7 Å². The van der Waals surface area contributed by atoms with Crippen LogP contribution >= 0.6 is 0 Å². The number of carboxylic acid groups (broad SMARTS) is 1. The predicted octanol–water partition coefficient (Wildman–Crippen LogP) is 4.19. The summed E-state index contributed by atoms with van der Waals surface area (Å²) in [5.74, 6) is 0.109. The lowest BCUT2D eigenvalue weighted by Crippen LogP contribution is -2.37. The van der Waals surface area contributed by atoms with Gasteiger partial charge in [-0.1, -0.05) is 50.2 Å². The van der Waals surface area contributed by atoms with E-state index >= 15 is 0 Å². The van der Waals surface area contributed by atoms with Crippen molar-refractivity contribution in [2.75, 3.05) is 13.2 Å². The molecule has 6 heteroatoms. The molecular formula is C22H28O6. The van der Waals surface area contributed by atoms with Crippen LogP contribution in [-0.4, -0.2) is 35.9 Å². The minimum atomic E-state index is -1.18. The van der Waals surface area contributed by atoms with Gasteiger partial charge in [-0.2, -0.15) is 0 Å². The zero-order valence-electron chi connectivity index (χ0n) is 16.8. The number of carbonyl (C=O) groups excluding carboxylic acids is 1. The molecule has 0 aliphatic heterocycles. The molecule has 1 N–H and O–H groups in total. The van der Waals surface area contributed by atoms with E-state index in [1.54, 1.807) is 38.1 Å². The molecular weight excluding hydrogens is 360 g/mol. The van der Waals surface area contributed by atoms with Crippen molar-refractivity contribution in [1.29, 1.82) is 0 Å². The van der Waals surface area contributed by atoms with Crippen LogP contribution in [0.4, 0.5) is 0 Å². The largest absolute Gasteiger partial charge is 0.490 e. The molecule has 0 unspecified atom stereocenters. The SMILES string of the molecule is CC(C)(Oc1ccccc1)C(=O)O.CC(C)C(=O)OCCOc1ccccc1. The Morgan fingerprint density at radius 3 is 1.86 bits per heavy atom. The summed E-state index contributed by atoms with van der Waals surface area (Å²) < 4.78 is 15.6. The van der Waals surface area contributed by atoms with Crippen LogP contribution in [0.5, 0.6) is 11.5 Å². The van der Waals surface area contributed by atoms with Crippen LogP contribution in [0, 0.1) is 5.92 Å². The lowest BCUT2D eigenvalue weighted by Gasteiger charge is -2.21. The minimum absolute atomic E-state index is 0.0817. The van der Waals surface area contributed by atoms with Gasteiger partial charge in [0.2, 0.25) is 0 Å². The Morgan fingerprint density at radius 2 is 1.39 bits per heavy atom. The number of para-hydroxylation sites is 2. The number of carbonyl (C=O) groups is 2. The molecule has 0 spiro atoms. The zero-order chi connectivity index (χ0) is 21.0. The van der Waals surface area contributed by atoms with Crippen molar-refractivity contribution in [2.24, 2.45) is 5.92 Å². The Bertz CT molecular complexity index is 710. The van der Waals surface area contributed by atoms with Crippen LogP contribution in [0.25, 0.3) is 0 Å². The van der Waals surface area contributed by atoms with Gasteiger partial charge in [0.05, 0.1) is 5.92 Å². The summed E-state index contributed by atoms with van der Waals surface area (Å²) in [7, 11) is 0. The second-order valence-electron chi connectivity index (χ2n) is 6.71. The van der Waals surface area contributed by atoms with E-state index in [2.05, 4.69) is 0 Å². The van der Waals surface area contributed by atoms with E-state index in [1.807, 2.05) is 36.4 Å². The third-order valence-electron chi connectivity index (χ3n) is 3.44. The van der Waals surface area contributed by atoms with E-state index < -0.39 is 11.6 Å². The molecule has 0 amide bonds. The number of rotatable bonds is 8. The minimum Gasteiger partial charge on any atom is -0.490 e. The van der Waals surface area contributed by atoms with E-state index in [0.717, 1.165) is 5.75 Å². The number of hydrogen-bond acceptors (Lipinski definition) is 5. The number of carboxylic acids is 1. The van der Waals surface area contributed by atoms with Crippen molar-refractivity contribution >= 4 is 11.9 Å². The van der Waals surface area contributed by atoms with Gasteiger partial charge in [0.25, 0.3) is 0 Å². The number of hydrogen-bond donors (Lipinski definition) is 1. The Kier molecular flexibility index (Phi) is 9.57. The highest BCUT2D eigenvalue weighted by molar-refractivity contribution is 5.76. The van der Waals surface area contributed by atoms with E-state index in [9.17, 15) is 9.59 Å². The monoisotopic (exact) mass is 388 g/mol. The van der Waals surface area contributed by atoms with Crippen LogP contribution in [0.3, 0.4) is 0 Å². The maximum Gasteiger partial charge on any atom is 0.347 e. The smallest absolute Gasteiger partial charge is 0.347 e. The summed E-state index contributed by atoms with van der Waals surface area (Å²) in [6.07, 6.45) is 0. The van der Waals surface area contributed by atoms with Crippen LogP contribution in [0.1, 0.15) is 27.7 Å². The van der Waals surface area contributed by atoms with E-state index in [0.29, 0.717) is 19.0 Å². The molecule has 0 atom stereocenters. The second kappa shape index (κ2) is 11.6. The molecule has 0 fully saturated rings. The maximum absolute atomic E-state index is 11.1. The Balaban J connectivity index is 0.000000283. The molecule has 0 radical (unpaired) electrons. The highest BCUT2D eigenvalue weighted by Crippen LogP contribution is 2.17. The fourth-order valence-corrected chi connectivity index (χ4v) is 1.81. The average molecular weight is 388 g/mol. The lowest BCUT2D eigenvalue weighted by molar-refractivity contribution is -0.152. The van der Waals surface area contributed by atoms with E-state index in [4.69, 9.17) is 19.3 Å². The summed E-state index contributed by atoms with van der Waals surface area (Å²) in [5.41, 5.74) is -1.18. The van der Waals surface area contributed by atoms with Crippen molar-refractivity contribution in [2.45, 2.75) is 33.3 Å². The van der Waals surface area contributed by atoms with Gasteiger partial charge in [-0.3, -0.25) is 4.79 Å². The normalized spacial score (nSPS) is 10.5. The highest BCUT2D eigenvalue weighted by atomic mass is 16.6. The van der Waals surface area contributed by atoms with Gasteiger partial charge in [0.15, 0.2) is 5.60 Å². The molecule has 0 aromatic heterocycles. The standard InChI is InChI=1S/C12H16O3.C10H12O3/c1-10(2)12(13)15-9-8-14-11-6-4-3-5-7-11;1-10(2,9(11)12)13-8-6-4-3-5-7-8/h3-7,10H,8-9H2,1-2H3;3-7H,1-2H3,(H,11,12). The number of ether oxygens (including phenoxy) is 3. The van der Waals surface area contributed by atoms with Gasteiger partial charge in [-0.25, -0.2) is 4.79 Å². The van der Waals surface area contributed by atoms with Gasteiger partial charge in [0, 0.05) is 0 Å². The van der Waals surface area contributed by atoms with Crippen molar-refractivity contribution in [1.82, 2.24) is 0 Å². The first-order valence-electron chi connectivity index (χ1n) is 9.04. The van der Waals surface area contributed by atoms with Crippen LogP contribution in [0.2, 0.25) is 0 Å². The van der Waals surface area contributed by atoms with Gasteiger partial charge >= 0.3 is 11.9 Å². The molecule has 152 valence electrons. The Morgan fingerprint density at radius 1 is 0.893 bits per heavy atom. The van der Waals surface area contributed by atoms with E-state index in [1.165, 1.54) is 13.8 Å². The average Bonchev–Trinajstić information content (AvgIpc) is 2.66. The van der Waals surface area contributed by atoms with Crippen molar-refractivity contribution in [3.8, 4) is 11.5 Å². The number of aliphatic carboxylic acids is 1. The summed E-state index contributed by atoms with van der Waals surface area (Å²) >= 11 is 0. The number of benzene rings is 2. The summed E-state index contributed by atoms with van der Waals surface area (Å²) in [6, 6.07) is 18.3. The molecule has 0 saturated carbocycles. The Labute approximate surface area is 166 Å². The molecule has 0 aliphatic carbocycles. The first-order chi connectivity index (χ1) is 13.2. The molecule has 2 aromatic carbocycles. The zero-order valence-corrected chi connectivity index (χ0v) is 16.8. The molecule has 0 bridgehead atoms. The van der Waals surface area contributed by atoms with Gasteiger partial charge < -0.3 is 19.3 Å². The first-order valence-corrected chi connectivity index (χ1v) is 9.04. The Hall–Kier alpha value is -3.02. The first kappa shape index (κ1) is 23.0. The van der Waals surface area contributed by atoms with Crippen LogP contribution in [-0.2, 0) is 14.3 Å². The second-order valence-corrected chi connectivity index (χ2v) is 6.71. The predicted molar refractivity (Wildman–Crippen MR) is 107 cm³/mol. The fourth-order valence-electron chi connectivity index (χ4n) is 1.81. The van der Waals surface area contributed by atoms with Gasteiger partial charge in [-0.05, 0) is 38.1 Å². The highest BCUT2D eigenvalue weighted by Gasteiger charge is 2.29. The van der Waals surface area contributed by atoms with Crippen LogP contribution < -0.4 is 9.47 Å². The summed E-state index contributed by atoms with van der Waals surface area (Å²) in [4.78, 5) is 21.8. The molecule has 2 rings (SSSR count). The number of esters is 1. The molecule has 0 saturated heterocycles. The topological polar surface area (TPSA) is 82.1 Å². The summed E-state index contributed by atoms with van der Waals surface area (Å²) in [6.45, 7) is 7.33. The van der Waals surface area contributed by atoms with Gasteiger partial charge in [-0.15, -0.1) is 0 Å². The molecule has 6 nitrogen and oxygen atoms in total. The van der Waals surface area contributed by atoms with Gasteiger partial charge in [0.1, 0.15) is 24.7 Å². The lowest BCUT2D eigenvalue weighted by atomic mass is 10.1. The molecule has 2 aromatic rings. The fraction of sp³-hybridized carbons (Fsp3) is 0.364. The van der Waals surface area contributed by atoms with Crippen molar-refractivity contribution in [3.63, 3.8) is 0 Å². The molecule has 0 aliphatic rings. The quantitative estimate of drug-likeness (QED) is 0.539. The van der Waals surface area contributed by atoms with Crippen LogP contribution in [0.15, 0.2) is 60.7 Å². The van der Waals surface area contributed by atoms with E-state index in [-0.39, 0.29) is 11.9 Å². The third-order valence-corrected chi connectivity index (χ3v) is 3.44. The third kappa shape index (κ3) is 9.07. The maximum atomic E-state index is 11.1. The van der Waals surface area contributed by atoms with Crippen molar-refractivity contribution < 1.29 is 28.9 Å². The summed E-state index contributed by atoms with van der Waals surface area (Å²) in [5, 5.41) is 8.78.